The van der Waals surface area contributed by atoms with Gasteiger partial charge in [-0.15, -0.1) is 11.3 Å². The van der Waals surface area contributed by atoms with Gasteiger partial charge in [-0.3, -0.25) is 0 Å². The fraction of sp³-hybridized carbons (Fsp3) is 0. The van der Waals surface area contributed by atoms with Crippen LogP contribution in [0.2, 0.25) is 0 Å². The Hall–Kier alpha value is -8.76. The van der Waals surface area contributed by atoms with Crippen LogP contribution in [0.25, 0.3) is 103 Å². The topological polar surface area (TPSA) is 8.17 Å². The first-order valence-corrected chi connectivity index (χ1v) is 24.4. The first-order chi connectivity index (χ1) is 34.2. The molecule has 13 aromatic rings. The summed E-state index contributed by atoms with van der Waals surface area (Å²) >= 11 is 1.87. The van der Waals surface area contributed by atoms with E-state index in [1.54, 1.807) is 0 Å². The molecular weight excluding hydrogens is 853 g/mol. The Morgan fingerprint density at radius 2 is 0.725 bits per heavy atom. The maximum Gasteiger partial charge on any atom is 0.0547 e. The Bertz CT molecular complexity index is 3910. The fourth-order valence-electron chi connectivity index (χ4n) is 10.2. The van der Waals surface area contributed by atoms with Crippen LogP contribution >= 0.6 is 11.3 Å². The number of benzene rings is 11. The van der Waals surface area contributed by atoms with Gasteiger partial charge in [0.2, 0.25) is 0 Å². The number of hydrogen-bond donors (Lipinski definition) is 0. The number of aromatic nitrogens is 1. The van der Waals surface area contributed by atoms with Gasteiger partial charge in [-0.05, 0) is 141 Å². The predicted molar refractivity (Wildman–Crippen MR) is 296 cm³/mol. The van der Waals surface area contributed by atoms with Crippen molar-refractivity contribution in [2.24, 2.45) is 0 Å². The summed E-state index contributed by atoms with van der Waals surface area (Å²) in [6, 6.07) is 97.3. The average Bonchev–Trinajstić information content (AvgIpc) is 3.98. The van der Waals surface area contributed by atoms with Gasteiger partial charge in [0.1, 0.15) is 0 Å². The van der Waals surface area contributed by atoms with E-state index in [-0.39, 0.29) is 0 Å². The molecule has 0 amide bonds. The highest BCUT2D eigenvalue weighted by atomic mass is 32.1. The zero-order valence-electron chi connectivity index (χ0n) is 37.7. The molecule has 2 heterocycles. The van der Waals surface area contributed by atoms with Crippen LogP contribution < -0.4 is 4.90 Å². The number of anilines is 3. The molecule has 0 aliphatic heterocycles. The lowest BCUT2D eigenvalue weighted by Gasteiger charge is -2.26. The second-order valence-corrected chi connectivity index (χ2v) is 18.8. The van der Waals surface area contributed by atoms with Crippen LogP contribution in [0, 0.1) is 0 Å². The van der Waals surface area contributed by atoms with Gasteiger partial charge in [-0.2, -0.15) is 0 Å². The number of hydrogen-bond acceptors (Lipinski definition) is 2. The van der Waals surface area contributed by atoms with E-state index in [9.17, 15) is 0 Å². The Kier molecular flexibility index (Phi) is 10.1. The Morgan fingerprint density at radius 3 is 1.33 bits per heavy atom. The molecule has 0 spiro atoms. The summed E-state index contributed by atoms with van der Waals surface area (Å²) in [7, 11) is 0. The molecule has 2 aromatic heterocycles. The third-order valence-corrected chi connectivity index (χ3v) is 14.8. The van der Waals surface area contributed by atoms with Crippen molar-refractivity contribution in [3.8, 4) is 61.3 Å². The van der Waals surface area contributed by atoms with Crippen molar-refractivity contribution in [1.29, 1.82) is 0 Å². The van der Waals surface area contributed by atoms with Gasteiger partial charge >= 0.3 is 0 Å². The standard InChI is InChI=1S/C66H44N2S/c1-4-15-45(16-5-1)51-41-52(46-17-6-2-7-18-46)43-53(42-51)48-29-36-56(37-30-48)67(57-38-31-49(32-39-57)58-23-14-24-62-61-22-11-13-26-65(61)69-66(58)62)55-34-27-47(28-35-55)50-33-40-60-59-21-10-12-25-63(59)68(64(60)44-50)54-19-8-3-9-20-54/h1-44H. The minimum absolute atomic E-state index is 1.09. The van der Waals surface area contributed by atoms with E-state index < -0.39 is 0 Å². The smallest absolute Gasteiger partial charge is 0.0547 e. The quantitative estimate of drug-likeness (QED) is 0.140. The van der Waals surface area contributed by atoms with Crippen molar-refractivity contribution in [3.63, 3.8) is 0 Å². The molecular formula is C66H44N2S. The molecule has 0 unspecified atom stereocenters. The molecule has 0 bridgehead atoms. The number of fused-ring (bicyclic) bond motifs is 6. The Morgan fingerprint density at radius 1 is 0.275 bits per heavy atom. The van der Waals surface area contributed by atoms with Gasteiger partial charge in [-0.25, -0.2) is 0 Å². The summed E-state index contributed by atoms with van der Waals surface area (Å²) in [5.41, 5.74) is 18.8. The Labute approximate surface area is 405 Å². The highest BCUT2D eigenvalue weighted by molar-refractivity contribution is 7.26. The molecule has 69 heavy (non-hydrogen) atoms. The predicted octanol–water partition coefficient (Wildman–Crippen LogP) is 19.0. The van der Waals surface area contributed by atoms with Crippen LogP contribution in [-0.2, 0) is 0 Å². The van der Waals surface area contributed by atoms with Gasteiger partial charge in [0.05, 0.1) is 11.0 Å². The molecule has 0 aliphatic carbocycles. The lowest BCUT2D eigenvalue weighted by Crippen LogP contribution is -2.09. The van der Waals surface area contributed by atoms with Crippen LogP contribution in [0.4, 0.5) is 17.1 Å². The van der Waals surface area contributed by atoms with Crippen LogP contribution in [0.1, 0.15) is 0 Å². The summed E-state index contributed by atoms with van der Waals surface area (Å²) in [4.78, 5) is 2.38. The van der Waals surface area contributed by atoms with Crippen molar-refractivity contribution < 1.29 is 0 Å². The van der Waals surface area contributed by atoms with Gasteiger partial charge in [0.15, 0.2) is 0 Å². The van der Waals surface area contributed by atoms with E-state index >= 15 is 0 Å². The molecule has 0 saturated carbocycles. The first kappa shape index (κ1) is 40.5. The molecule has 0 saturated heterocycles. The molecule has 2 nitrogen and oxygen atoms in total. The van der Waals surface area contributed by atoms with Gasteiger partial charge in [0, 0.05) is 53.7 Å². The second-order valence-electron chi connectivity index (χ2n) is 17.7. The van der Waals surface area contributed by atoms with Crippen LogP contribution in [0.3, 0.4) is 0 Å². The highest BCUT2D eigenvalue weighted by Crippen LogP contribution is 2.43. The maximum absolute atomic E-state index is 2.39. The van der Waals surface area contributed by atoms with Crippen LogP contribution in [-0.4, -0.2) is 4.57 Å². The van der Waals surface area contributed by atoms with E-state index in [0.29, 0.717) is 0 Å². The third kappa shape index (κ3) is 7.37. The van der Waals surface area contributed by atoms with Crippen molar-refractivity contribution >= 4 is 70.4 Å². The number of nitrogens with zero attached hydrogens (tertiary/aromatic N) is 2. The van der Waals surface area contributed by atoms with Crippen molar-refractivity contribution in [3.05, 3.63) is 267 Å². The summed E-state index contributed by atoms with van der Waals surface area (Å²) < 4.78 is 5.03. The number of thiophene rings is 1. The average molecular weight is 897 g/mol. The molecule has 0 radical (unpaired) electrons. The van der Waals surface area contributed by atoms with E-state index in [4.69, 9.17) is 0 Å². The summed E-state index contributed by atoms with van der Waals surface area (Å²) in [5, 5.41) is 5.13. The summed E-state index contributed by atoms with van der Waals surface area (Å²) in [5.74, 6) is 0. The molecule has 0 atom stereocenters. The largest absolute Gasteiger partial charge is 0.311 e. The minimum atomic E-state index is 1.09. The van der Waals surface area contributed by atoms with Gasteiger partial charge in [0.25, 0.3) is 0 Å². The van der Waals surface area contributed by atoms with Gasteiger partial charge < -0.3 is 9.47 Å². The van der Waals surface area contributed by atoms with Crippen molar-refractivity contribution in [1.82, 2.24) is 4.57 Å². The summed E-state index contributed by atoms with van der Waals surface area (Å²) in [6.07, 6.45) is 0. The lowest BCUT2D eigenvalue weighted by molar-refractivity contribution is 1.18. The lowest BCUT2D eigenvalue weighted by atomic mass is 9.93. The SMILES string of the molecule is c1ccc(-c2cc(-c3ccccc3)cc(-c3ccc(N(c4ccc(-c5ccc6c7ccccc7n(-c7ccccc7)c6c5)cc4)c4ccc(-c5cccc6c5sc5ccccc56)cc4)cc3)c2)cc1. The summed E-state index contributed by atoms with van der Waals surface area (Å²) in [6.45, 7) is 0. The van der Waals surface area contributed by atoms with E-state index in [2.05, 4.69) is 276 Å². The second kappa shape index (κ2) is 17.2. The monoisotopic (exact) mass is 896 g/mol. The molecule has 13 rings (SSSR count). The van der Waals surface area contributed by atoms with Crippen molar-refractivity contribution in [2.45, 2.75) is 0 Å². The number of rotatable bonds is 9. The van der Waals surface area contributed by atoms with Crippen molar-refractivity contribution in [2.75, 3.05) is 4.90 Å². The molecule has 324 valence electrons. The zero-order valence-corrected chi connectivity index (χ0v) is 38.5. The molecule has 11 aromatic carbocycles. The molecule has 0 aliphatic rings. The molecule has 0 fully saturated rings. The third-order valence-electron chi connectivity index (χ3n) is 13.6. The normalized spacial score (nSPS) is 11.5. The zero-order chi connectivity index (χ0) is 45.7. The fourth-order valence-corrected chi connectivity index (χ4v) is 11.5. The highest BCUT2D eigenvalue weighted by Gasteiger charge is 2.18. The van der Waals surface area contributed by atoms with E-state index in [0.717, 1.165) is 22.7 Å². The first-order valence-electron chi connectivity index (χ1n) is 23.6. The Balaban J connectivity index is 0.902. The number of para-hydroxylation sites is 2. The van der Waals surface area contributed by atoms with Crippen LogP contribution in [0.15, 0.2) is 267 Å². The van der Waals surface area contributed by atoms with Gasteiger partial charge in [-0.1, -0.05) is 182 Å². The van der Waals surface area contributed by atoms with E-state index in [1.165, 1.54) is 97.6 Å². The molecule has 3 heteroatoms. The van der Waals surface area contributed by atoms with E-state index in [1.807, 2.05) is 11.3 Å². The molecule has 0 N–H and O–H groups in total. The minimum Gasteiger partial charge on any atom is -0.311 e. The van der Waals surface area contributed by atoms with Crippen LogP contribution in [0.5, 0.6) is 0 Å². The maximum atomic E-state index is 2.39.